The van der Waals surface area contributed by atoms with Crippen molar-refractivity contribution >= 4 is 5.69 Å². The predicted octanol–water partition coefficient (Wildman–Crippen LogP) is 2.22. The van der Waals surface area contributed by atoms with Gasteiger partial charge in [0.2, 0.25) is 0 Å². The molecule has 0 saturated heterocycles. The normalized spacial score (nSPS) is 10.5. The Morgan fingerprint density at radius 3 is 2.58 bits per heavy atom. The lowest BCUT2D eigenvalue weighted by atomic mass is 10.1. The summed E-state index contributed by atoms with van der Waals surface area (Å²) in [4.78, 5) is 0. The first-order chi connectivity index (χ1) is 9.25. The van der Waals surface area contributed by atoms with Crippen LogP contribution in [-0.2, 0) is 0 Å². The quantitative estimate of drug-likeness (QED) is 0.541. The number of phenols is 1. The molecule has 0 spiro atoms. The highest BCUT2D eigenvalue weighted by molar-refractivity contribution is 5.66. The third kappa shape index (κ3) is 2.01. The Labute approximate surface area is 110 Å². The van der Waals surface area contributed by atoms with Gasteiger partial charge in [0.15, 0.2) is 5.82 Å². The standard InChI is InChI=1S/C14H12N4O/c15-12-7-6-10(8-13(12)19)14-17-16-9-18(14)11-4-2-1-3-5-11/h1-9,19H,15H2. The fraction of sp³-hybridized carbons (Fsp3) is 0. The van der Waals surface area contributed by atoms with Crippen molar-refractivity contribution in [2.75, 3.05) is 5.73 Å². The monoisotopic (exact) mass is 252 g/mol. The third-order valence-corrected chi connectivity index (χ3v) is 2.87. The second kappa shape index (κ2) is 4.45. The van der Waals surface area contributed by atoms with Crippen LogP contribution in [0.4, 0.5) is 5.69 Å². The molecule has 3 aromatic rings. The maximum absolute atomic E-state index is 9.68. The molecule has 2 aromatic carbocycles. The fourth-order valence-electron chi connectivity index (χ4n) is 1.89. The Morgan fingerprint density at radius 2 is 1.84 bits per heavy atom. The van der Waals surface area contributed by atoms with Gasteiger partial charge in [0.05, 0.1) is 5.69 Å². The molecular weight excluding hydrogens is 240 g/mol. The number of phenolic OH excluding ortho intramolecular Hbond substituents is 1. The van der Waals surface area contributed by atoms with Crippen LogP contribution in [0.1, 0.15) is 0 Å². The van der Waals surface area contributed by atoms with Gasteiger partial charge in [-0.2, -0.15) is 0 Å². The van der Waals surface area contributed by atoms with E-state index < -0.39 is 0 Å². The zero-order chi connectivity index (χ0) is 13.2. The average Bonchev–Trinajstić information content (AvgIpc) is 2.92. The maximum atomic E-state index is 9.68. The first kappa shape index (κ1) is 11.3. The maximum Gasteiger partial charge on any atom is 0.168 e. The molecule has 0 aliphatic rings. The largest absolute Gasteiger partial charge is 0.506 e. The highest BCUT2D eigenvalue weighted by Crippen LogP contribution is 2.27. The van der Waals surface area contributed by atoms with Gasteiger partial charge in [-0.15, -0.1) is 10.2 Å². The van der Waals surface area contributed by atoms with Crippen molar-refractivity contribution in [3.63, 3.8) is 0 Å². The van der Waals surface area contributed by atoms with E-state index in [0.29, 0.717) is 11.5 Å². The second-order valence-electron chi connectivity index (χ2n) is 4.13. The van der Waals surface area contributed by atoms with Gasteiger partial charge in [-0.1, -0.05) is 18.2 Å². The van der Waals surface area contributed by atoms with Crippen LogP contribution in [0.5, 0.6) is 5.75 Å². The number of benzene rings is 2. The predicted molar refractivity (Wildman–Crippen MR) is 72.9 cm³/mol. The minimum Gasteiger partial charge on any atom is -0.506 e. The molecule has 1 aromatic heterocycles. The van der Waals surface area contributed by atoms with Crippen molar-refractivity contribution in [3.8, 4) is 22.8 Å². The van der Waals surface area contributed by atoms with Gasteiger partial charge in [-0.3, -0.25) is 4.57 Å². The van der Waals surface area contributed by atoms with Crippen LogP contribution in [-0.4, -0.2) is 19.9 Å². The number of aromatic nitrogens is 3. The Balaban J connectivity index is 2.12. The van der Waals surface area contributed by atoms with Crippen molar-refractivity contribution in [3.05, 3.63) is 54.9 Å². The van der Waals surface area contributed by atoms with Crippen LogP contribution in [0.15, 0.2) is 54.9 Å². The molecule has 0 radical (unpaired) electrons. The summed E-state index contributed by atoms with van der Waals surface area (Å²) in [6.45, 7) is 0. The number of nitrogen functional groups attached to an aromatic ring is 1. The number of rotatable bonds is 2. The van der Waals surface area contributed by atoms with Crippen LogP contribution in [0.3, 0.4) is 0 Å². The van der Waals surface area contributed by atoms with Gasteiger partial charge < -0.3 is 10.8 Å². The summed E-state index contributed by atoms with van der Waals surface area (Å²) in [6.07, 6.45) is 1.64. The topological polar surface area (TPSA) is 77.0 Å². The van der Waals surface area contributed by atoms with E-state index in [9.17, 15) is 5.11 Å². The van der Waals surface area contributed by atoms with Crippen LogP contribution in [0, 0.1) is 0 Å². The summed E-state index contributed by atoms with van der Waals surface area (Å²) in [6, 6.07) is 14.8. The van der Waals surface area contributed by atoms with Gasteiger partial charge in [0, 0.05) is 11.3 Å². The van der Waals surface area contributed by atoms with Crippen molar-refractivity contribution in [1.82, 2.24) is 14.8 Å². The number of anilines is 1. The van der Waals surface area contributed by atoms with E-state index in [1.807, 2.05) is 34.9 Å². The molecule has 0 saturated carbocycles. The number of para-hydroxylation sites is 1. The highest BCUT2D eigenvalue weighted by Gasteiger charge is 2.10. The number of hydrogen-bond acceptors (Lipinski definition) is 4. The molecule has 0 unspecified atom stereocenters. The second-order valence-corrected chi connectivity index (χ2v) is 4.13. The lowest BCUT2D eigenvalue weighted by Gasteiger charge is -2.07. The Hall–Kier alpha value is -2.82. The molecule has 0 aliphatic heterocycles. The summed E-state index contributed by atoms with van der Waals surface area (Å²) >= 11 is 0. The van der Waals surface area contributed by atoms with Crippen molar-refractivity contribution < 1.29 is 5.11 Å². The van der Waals surface area contributed by atoms with Crippen LogP contribution >= 0.6 is 0 Å². The van der Waals surface area contributed by atoms with Crippen molar-refractivity contribution in [2.24, 2.45) is 0 Å². The van der Waals surface area contributed by atoms with Crippen molar-refractivity contribution in [2.45, 2.75) is 0 Å². The minimum atomic E-state index is 0.0418. The minimum absolute atomic E-state index is 0.0418. The number of aromatic hydroxyl groups is 1. The van der Waals surface area contributed by atoms with E-state index in [2.05, 4.69) is 10.2 Å². The summed E-state index contributed by atoms with van der Waals surface area (Å²) in [5.74, 6) is 0.696. The molecule has 3 rings (SSSR count). The smallest absolute Gasteiger partial charge is 0.168 e. The van der Waals surface area contributed by atoms with E-state index in [1.165, 1.54) is 0 Å². The van der Waals surface area contributed by atoms with Gasteiger partial charge >= 0.3 is 0 Å². The van der Waals surface area contributed by atoms with E-state index in [4.69, 9.17) is 5.73 Å². The Bertz CT molecular complexity index is 706. The first-order valence-electron chi connectivity index (χ1n) is 5.80. The molecule has 0 aliphatic carbocycles. The zero-order valence-electron chi connectivity index (χ0n) is 10.1. The van der Waals surface area contributed by atoms with E-state index >= 15 is 0 Å². The number of nitrogens with two attached hydrogens (primary N) is 1. The average molecular weight is 252 g/mol. The molecule has 3 N–H and O–H groups in total. The molecule has 5 nitrogen and oxygen atoms in total. The summed E-state index contributed by atoms with van der Waals surface area (Å²) in [7, 11) is 0. The lowest BCUT2D eigenvalue weighted by Crippen LogP contribution is -1.96. The molecule has 5 heteroatoms. The van der Waals surface area contributed by atoms with Gasteiger partial charge in [-0.05, 0) is 30.3 Å². The summed E-state index contributed by atoms with van der Waals surface area (Å²) < 4.78 is 1.85. The van der Waals surface area contributed by atoms with Gasteiger partial charge in [0.1, 0.15) is 12.1 Å². The third-order valence-electron chi connectivity index (χ3n) is 2.87. The molecular formula is C14H12N4O. The Kier molecular flexibility index (Phi) is 2.64. The van der Waals surface area contributed by atoms with Crippen LogP contribution in [0.2, 0.25) is 0 Å². The van der Waals surface area contributed by atoms with Crippen molar-refractivity contribution in [1.29, 1.82) is 0 Å². The Morgan fingerprint density at radius 1 is 1.05 bits per heavy atom. The molecule has 1 heterocycles. The molecule has 0 fully saturated rings. The molecule has 0 bridgehead atoms. The SMILES string of the molecule is Nc1ccc(-c2nncn2-c2ccccc2)cc1O. The van der Waals surface area contributed by atoms with E-state index in [1.54, 1.807) is 24.5 Å². The van der Waals surface area contributed by atoms with E-state index in [-0.39, 0.29) is 5.75 Å². The highest BCUT2D eigenvalue weighted by atomic mass is 16.3. The van der Waals surface area contributed by atoms with Crippen LogP contribution in [0.25, 0.3) is 17.1 Å². The molecule has 19 heavy (non-hydrogen) atoms. The number of hydrogen-bond donors (Lipinski definition) is 2. The summed E-state index contributed by atoms with van der Waals surface area (Å²) in [5, 5.41) is 17.7. The first-order valence-corrected chi connectivity index (χ1v) is 5.80. The van der Waals surface area contributed by atoms with Gasteiger partial charge in [0.25, 0.3) is 0 Å². The lowest BCUT2D eigenvalue weighted by molar-refractivity contribution is 0.478. The summed E-state index contributed by atoms with van der Waals surface area (Å²) in [5.41, 5.74) is 7.66. The molecule has 0 atom stereocenters. The zero-order valence-corrected chi connectivity index (χ0v) is 10.1. The fourth-order valence-corrected chi connectivity index (χ4v) is 1.89. The van der Waals surface area contributed by atoms with Gasteiger partial charge in [-0.25, -0.2) is 0 Å². The molecule has 0 amide bonds. The number of nitrogens with zero attached hydrogens (tertiary/aromatic N) is 3. The van der Waals surface area contributed by atoms with Crippen LogP contribution < -0.4 is 5.73 Å². The molecule has 94 valence electrons. The van der Waals surface area contributed by atoms with E-state index in [0.717, 1.165) is 11.3 Å².